The Kier molecular flexibility index (Phi) is 4.51. The lowest BCUT2D eigenvalue weighted by atomic mass is 10.2. The first-order valence-corrected chi connectivity index (χ1v) is 7.68. The third-order valence-corrected chi connectivity index (χ3v) is 4.13. The molecule has 0 aliphatic carbocycles. The van der Waals surface area contributed by atoms with Crippen LogP contribution in [0.4, 0.5) is 5.69 Å². The Morgan fingerprint density at radius 1 is 0.864 bits per heavy atom. The zero-order valence-electron chi connectivity index (χ0n) is 11.8. The molecule has 0 atom stereocenters. The van der Waals surface area contributed by atoms with Crippen LogP contribution in [0.3, 0.4) is 0 Å². The molecule has 0 unspecified atom stereocenters. The number of anilines is 1. The van der Waals surface area contributed by atoms with Crippen LogP contribution in [0.15, 0.2) is 88.9 Å². The Morgan fingerprint density at radius 3 is 2.32 bits per heavy atom. The summed E-state index contributed by atoms with van der Waals surface area (Å²) in [6.07, 6.45) is 3.22. The number of nitrogens with one attached hydrogen (secondary N) is 1. The van der Waals surface area contributed by atoms with Crippen molar-refractivity contribution in [1.29, 1.82) is 0 Å². The number of para-hydroxylation sites is 1. The quantitative estimate of drug-likeness (QED) is 0.772. The van der Waals surface area contributed by atoms with Gasteiger partial charge in [-0.15, -0.1) is 0 Å². The second kappa shape index (κ2) is 6.91. The zero-order chi connectivity index (χ0) is 15.2. The van der Waals surface area contributed by atoms with Crippen LogP contribution >= 0.6 is 11.8 Å². The van der Waals surface area contributed by atoms with E-state index in [0.29, 0.717) is 5.56 Å². The van der Waals surface area contributed by atoms with Gasteiger partial charge in [0.1, 0.15) is 0 Å². The first kappa shape index (κ1) is 14.4. The predicted molar refractivity (Wildman–Crippen MR) is 89.2 cm³/mol. The molecule has 3 rings (SSSR count). The number of amides is 1. The Balaban J connectivity index is 1.81. The lowest BCUT2D eigenvalue weighted by Gasteiger charge is -2.10. The van der Waals surface area contributed by atoms with E-state index in [4.69, 9.17) is 0 Å². The van der Waals surface area contributed by atoms with Gasteiger partial charge in [-0.25, -0.2) is 0 Å². The summed E-state index contributed by atoms with van der Waals surface area (Å²) < 4.78 is 0. The Labute approximate surface area is 133 Å². The van der Waals surface area contributed by atoms with E-state index < -0.39 is 0 Å². The topological polar surface area (TPSA) is 42.0 Å². The van der Waals surface area contributed by atoms with Gasteiger partial charge in [0.05, 0.1) is 5.69 Å². The number of carbonyl (C=O) groups excluding carboxylic acids is 1. The fourth-order valence-electron chi connectivity index (χ4n) is 1.97. The zero-order valence-corrected chi connectivity index (χ0v) is 12.6. The van der Waals surface area contributed by atoms with Gasteiger partial charge in [-0.3, -0.25) is 9.78 Å². The Morgan fingerprint density at radius 2 is 1.55 bits per heavy atom. The van der Waals surface area contributed by atoms with Crippen molar-refractivity contribution in [3.63, 3.8) is 0 Å². The van der Waals surface area contributed by atoms with Crippen LogP contribution in [0.25, 0.3) is 0 Å². The summed E-state index contributed by atoms with van der Waals surface area (Å²) in [6, 6.07) is 21.3. The van der Waals surface area contributed by atoms with Crippen molar-refractivity contribution in [2.24, 2.45) is 0 Å². The number of hydrogen-bond acceptors (Lipinski definition) is 3. The molecule has 0 bridgehead atoms. The highest BCUT2D eigenvalue weighted by atomic mass is 32.2. The fourth-order valence-corrected chi connectivity index (χ4v) is 2.89. The van der Waals surface area contributed by atoms with Gasteiger partial charge in [-0.2, -0.15) is 0 Å². The van der Waals surface area contributed by atoms with Crippen LogP contribution < -0.4 is 5.32 Å². The molecule has 3 nitrogen and oxygen atoms in total. The second-order valence-corrected chi connectivity index (χ2v) is 5.72. The number of rotatable bonds is 4. The van der Waals surface area contributed by atoms with Crippen molar-refractivity contribution < 1.29 is 4.79 Å². The molecule has 0 radical (unpaired) electrons. The molecule has 1 aromatic heterocycles. The molecule has 0 aliphatic heterocycles. The van der Waals surface area contributed by atoms with Crippen LogP contribution in [0.5, 0.6) is 0 Å². The summed E-state index contributed by atoms with van der Waals surface area (Å²) in [5.74, 6) is -0.136. The Bertz CT molecular complexity index is 760. The minimum atomic E-state index is -0.136. The van der Waals surface area contributed by atoms with Crippen LogP contribution in [0, 0.1) is 0 Å². The maximum absolute atomic E-state index is 12.3. The summed E-state index contributed by atoms with van der Waals surface area (Å²) in [5.41, 5.74) is 1.40. The summed E-state index contributed by atoms with van der Waals surface area (Å²) in [5, 5.41) is 2.96. The summed E-state index contributed by atoms with van der Waals surface area (Å²) in [4.78, 5) is 18.3. The molecule has 0 saturated carbocycles. The molecule has 4 heteroatoms. The minimum absolute atomic E-state index is 0.136. The van der Waals surface area contributed by atoms with Crippen LogP contribution in [-0.4, -0.2) is 10.9 Å². The van der Waals surface area contributed by atoms with Crippen molar-refractivity contribution in [3.05, 3.63) is 84.7 Å². The molecule has 1 heterocycles. The lowest BCUT2D eigenvalue weighted by molar-refractivity contribution is 0.102. The molecule has 1 N–H and O–H groups in total. The highest BCUT2D eigenvalue weighted by molar-refractivity contribution is 7.99. The van der Waals surface area contributed by atoms with Crippen molar-refractivity contribution in [3.8, 4) is 0 Å². The standard InChI is InChI=1S/C18H14N2OS/c21-18(14-10-12-19-13-11-14)20-16-8-4-5-9-17(16)22-15-6-2-1-3-7-15/h1-13H,(H,20,21). The van der Waals surface area contributed by atoms with Crippen LogP contribution in [-0.2, 0) is 0 Å². The van der Waals surface area contributed by atoms with E-state index in [1.54, 1.807) is 36.3 Å². The number of nitrogens with zero attached hydrogens (tertiary/aromatic N) is 1. The highest BCUT2D eigenvalue weighted by Crippen LogP contribution is 2.33. The molecular formula is C18H14N2OS. The average molecular weight is 306 g/mol. The van der Waals surface area contributed by atoms with Gasteiger partial charge in [-0.05, 0) is 36.4 Å². The van der Waals surface area contributed by atoms with Gasteiger partial charge in [-0.1, -0.05) is 42.1 Å². The average Bonchev–Trinajstić information content (AvgIpc) is 2.58. The van der Waals surface area contributed by atoms with Crippen LogP contribution in [0.2, 0.25) is 0 Å². The summed E-state index contributed by atoms with van der Waals surface area (Å²) in [6.45, 7) is 0. The van der Waals surface area contributed by atoms with E-state index in [1.165, 1.54) is 0 Å². The van der Waals surface area contributed by atoms with E-state index in [1.807, 2.05) is 54.6 Å². The number of aromatic nitrogens is 1. The lowest BCUT2D eigenvalue weighted by Crippen LogP contribution is -2.12. The van der Waals surface area contributed by atoms with Crippen LogP contribution in [0.1, 0.15) is 10.4 Å². The molecule has 3 aromatic rings. The molecule has 0 aliphatic rings. The molecule has 1 amide bonds. The molecule has 0 spiro atoms. The largest absolute Gasteiger partial charge is 0.321 e. The van der Waals surface area contributed by atoms with E-state index in [2.05, 4.69) is 10.3 Å². The maximum atomic E-state index is 12.3. The Hall–Kier alpha value is -2.59. The first-order chi connectivity index (χ1) is 10.8. The van der Waals surface area contributed by atoms with Gasteiger partial charge in [0.2, 0.25) is 0 Å². The maximum Gasteiger partial charge on any atom is 0.255 e. The SMILES string of the molecule is O=C(Nc1ccccc1Sc1ccccc1)c1ccncc1. The van der Waals surface area contributed by atoms with Gasteiger partial charge in [0, 0.05) is 27.7 Å². The third kappa shape index (κ3) is 3.54. The van der Waals surface area contributed by atoms with Crippen molar-refractivity contribution in [1.82, 2.24) is 4.98 Å². The monoisotopic (exact) mass is 306 g/mol. The van der Waals surface area contributed by atoms with Gasteiger partial charge in [0.15, 0.2) is 0 Å². The summed E-state index contributed by atoms with van der Waals surface area (Å²) in [7, 11) is 0. The van der Waals surface area contributed by atoms with Gasteiger partial charge < -0.3 is 5.32 Å². The molecule has 22 heavy (non-hydrogen) atoms. The third-order valence-electron chi connectivity index (χ3n) is 3.05. The molecule has 108 valence electrons. The number of benzene rings is 2. The van der Waals surface area contributed by atoms with E-state index >= 15 is 0 Å². The number of pyridine rings is 1. The molecule has 0 fully saturated rings. The minimum Gasteiger partial charge on any atom is -0.321 e. The fraction of sp³-hybridized carbons (Fsp3) is 0. The second-order valence-electron chi connectivity index (χ2n) is 4.60. The van der Waals surface area contributed by atoms with E-state index in [9.17, 15) is 4.79 Å². The van der Waals surface area contributed by atoms with Crippen molar-refractivity contribution >= 4 is 23.4 Å². The van der Waals surface area contributed by atoms with E-state index in [-0.39, 0.29) is 5.91 Å². The smallest absolute Gasteiger partial charge is 0.255 e. The molecular weight excluding hydrogens is 292 g/mol. The first-order valence-electron chi connectivity index (χ1n) is 6.86. The van der Waals surface area contributed by atoms with E-state index in [0.717, 1.165) is 15.5 Å². The normalized spacial score (nSPS) is 10.2. The number of hydrogen-bond donors (Lipinski definition) is 1. The van der Waals surface area contributed by atoms with Crippen molar-refractivity contribution in [2.75, 3.05) is 5.32 Å². The van der Waals surface area contributed by atoms with Crippen molar-refractivity contribution in [2.45, 2.75) is 9.79 Å². The van der Waals surface area contributed by atoms with Gasteiger partial charge >= 0.3 is 0 Å². The number of carbonyl (C=O) groups is 1. The highest BCUT2D eigenvalue weighted by Gasteiger charge is 2.09. The molecule has 0 saturated heterocycles. The predicted octanol–water partition coefficient (Wildman–Crippen LogP) is 4.49. The summed E-state index contributed by atoms with van der Waals surface area (Å²) >= 11 is 1.62. The molecule has 2 aromatic carbocycles. The van der Waals surface area contributed by atoms with Gasteiger partial charge in [0.25, 0.3) is 5.91 Å².